The first-order valence-corrected chi connectivity index (χ1v) is 9.62. The predicted octanol–water partition coefficient (Wildman–Crippen LogP) is 4.07. The normalized spacial score (nSPS) is 10.8. The van der Waals surface area contributed by atoms with E-state index in [1.54, 1.807) is 34.5 Å². The van der Waals surface area contributed by atoms with Gasteiger partial charge in [0.25, 0.3) is 5.91 Å². The maximum absolute atomic E-state index is 12.4. The molecule has 0 bridgehead atoms. The Bertz CT molecular complexity index is 1020. The molecular weight excluding hydrogens is 366 g/mol. The molecule has 3 heterocycles. The summed E-state index contributed by atoms with van der Waals surface area (Å²) < 4.78 is 1.73. The van der Waals surface area contributed by atoms with Gasteiger partial charge in [0.15, 0.2) is 5.13 Å². The van der Waals surface area contributed by atoms with Crippen molar-refractivity contribution in [3.8, 4) is 10.6 Å². The van der Waals surface area contributed by atoms with Crippen LogP contribution in [0.5, 0.6) is 0 Å². The Balaban J connectivity index is 1.42. The molecule has 0 unspecified atom stereocenters. The zero-order valence-electron chi connectivity index (χ0n) is 13.9. The number of nitrogens with zero attached hydrogens (tertiary/aromatic N) is 4. The van der Waals surface area contributed by atoms with Gasteiger partial charge in [0.1, 0.15) is 12.7 Å². The molecule has 0 saturated heterocycles. The summed E-state index contributed by atoms with van der Waals surface area (Å²) in [6.45, 7) is 2.69. The minimum atomic E-state index is -0.166. The van der Waals surface area contributed by atoms with Gasteiger partial charge in [-0.1, -0.05) is 12.1 Å². The van der Waals surface area contributed by atoms with E-state index in [0.717, 1.165) is 16.1 Å². The first kappa shape index (κ1) is 16.6. The fourth-order valence-electron chi connectivity index (χ4n) is 2.45. The molecule has 4 rings (SSSR count). The Labute approximate surface area is 158 Å². The van der Waals surface area contributed by atoms with Gasteiger partial charge < -0.3 is 0 Å². The number of benzene rings is 1. The molecular formula is C18H15N5OS2. The summed E-state index contributed by atoms with van der Waals surface area (Å²) >= 11 is 3.12. The number of aromatic nitrogens is 4. The molecule has 0 aliphatic carbocycles. The molecule has 1 N–H and O–H groups in total. The molecule has 0 radical (unpaired) electrons. The van der Waals surface area contributed by atoms with Gasteiger partial charge >= 0.3 is 0 Å². The molecule has 3 aromatic heterocycles. The van der Waals surface area contributed by atoms with Gasteiger partial charge in [0, 0.05) is 15.8 Å². The zero-order valence-corrected chi connectivity index (χ0v) is 15.5. The molecule has 0 fully saturated rings. The van der Waals surface area contributed by atoms with Gasteiger partial charge in [0.05, 0.1) is 17.1 Å². The first-order valence-electron chi connectivity index (χ1n) is 7.92. The van der Waals surface area contributed by atoms with Crippen LogP contribution in [0.15, 0.2) is 54.4 Å². The highest BCUT2D eigenvalue weighted by Gasteiger charge is 2.11. The topological polar surface area (TPSA) is 72.7 Å². The van der Waals surface area contributed by atoms with Crippen molar-refractivity contribution in [1.82, 2.24) is 19.7 Å². The highest BCUT2D eigenvalue weighted by Crippen LogP contribution is 2.30. The minimum absolute atomic E-state index is 0.166. The van der Waals surface area contributed by atoms with E-state index in [-0.39, 0.29) is 5.91 Å². The van der Waals surface area contributed by atoms with E-state index in [0.29, 0.717) is 17.2 Å². The third-order valence-corrected chi connectivity index (χ3v) is 5.53. The lowest BCUT2D eigenvalue weighted by Crippen LogP contribution is -2.11. The molecule has 8 heteroatoms. The average Bonchev–Trinajstić information content (AvgIpc) is 3.38. The van der Waals surface area contributed by atoms with E-state index in [1.165, 1.54) is 22.5 Å². The number of hydrogen-bond acceptors (Lipinski definition) is 6. The summed E-state index contributed by atoms with van der Waals surface area (Å²) in [6.07, 6.45) is 3.16. The van der Waals surface area contributed by atoms with Gasteiger partial charge in [-0.05, 0) is 36.8 Å². The molecule has 26 heavy (non-hydrogen) atoms. The fraction of sp³-hybridized carbons (Fsp3) is 0.111. The number of carbonyl (C=O) groups excluding carboxylic acids is 1. The summed E-state index contributed by atoms with van der Waals surface area (Å²) in [5, 5.41) is 9.50. The van der Waals surface area contributed by atoms with Crippen molar-refractivity contribution in [3.05, 3.63) is 70.4 Å². The average molecular weight is 381 g/mol. The standard InChI is InChI=1S/C18H15N5OS2/c1-12-2-7-16(26-12)15-9-25-18(21-15)22-17(24)14-5-3-13(4-6-14)8-23-11-19-10-20-23/h2-7,9-11H,8H2,1H3,(H,21,22,24). The molecule has 130 valence electrons. The van der Waals surface area contributed by atoms with Gasteiger partial charge in [-0.15, -0.1) is 22.7 Å². The molecule has 0 saturated carbocycles. The van der Waals surface area contributed by atoms with Crippen LogP contribution in [-0.4, -0.2) is 25.7 Å². The van der Waals surface area contributed by atoms with Gasteiger partial charge in [-0.25, -0.2) is 14.6 Å². The van der Waals surface area contributed by atoms with Crippen LogP contribution in [-0.2, 0) is 6.54 Å². The lowest BCUT2D eigenvalue weighted by molar-refractivity contribution is 0.102. The van der Waals surface area contributed by atoms with Crippen molar-refractivity contribution in [1.29, 1.82) is 0 Å². The largest absolute Gasteiger partial charge is 0.298 e. The Morgan fingerprint density at radius 2 is 2.04 bits per heavy atom. The van der Waals surface area contributed by atoms with E-state index >= 15 is 0 Å². The second-order valence-corrected chi connectivity index (χ2v) is 7.84. The third kappa shape index (κ3) is 3.71. The Morgan fingerprint density at radius 1 is 1.19 bits per heavy atom. The van der Waals surface area contributed by atoms with Crippen LogP contribution in [0.4, 0.5) is 5.13 Å². The lowest BCUT2D eigenvalue weighted by atomic mass is 10.1. The summed E-state index contributed by atoms with van der Waals surface area (Å²) in [5.74, 6) is -0.166. The molecule has 1 aromatic carbocycles. The number of hydrogen-bond donors (Lipinski definition) is 1. The molecule has 0 spiro atoms. The van der Waals surface area contributed by atoms with E-state index in [9.17, 15) is 4.79 Å². The Kier molecular flexibility index (Phi) is 4.59. The lowest BCUT2D eigenvalue weighted by Gasteiger charge is -2.04. The molecule has 4 aromatic rings. The summed E-state index contributed by atoms with van der Waals surface area (Å²) in [7, 11) is 0. The van der Waals surface area contributed by atoms with Crippen molar-refractivity contribution < 1.29 is 4.79 Å². The first-order chi connectivity index (χ1) is 12.7. The van der Waals surface area contributed by atoms with Crippen LogP contribution in [0.3, 0.4) is 0 Å². The number of thiazole rings is 1. The quantitative estimate of drug-likeness (QED) is 0.565. The highest BCUT2D eigenvalue weighted by molar-refractivity contribution is 7.17. The van der Waals surface area contributed by atoms with Crippen LogP contribution in [0, 0.1) is 6.92 Å². The van der Waals surface area contributed by atoms with Crippen LogP contribution < -0.4 is 5.32 Å². The monoisotopic (exact) mass is 381 g/mol. The predicted molar refractivity (Wildman–Crippen MR) is 104 cm³/mol. The van der Waals surface area contributed by atoms with E-state index < -0.39 is 0 Å². The number of amides is 1. The Morgan fingerprint density at radius 3 is 2.73 bits per heavy atom. The fourth-order valence-corrected chi connectivity index (χ4v) is 4.06. The molecule has 0 aliphatic heterocycles. The molecule has 6 nitrogen and oxygen atoms in total. The van der Waals surface area contributed by atoms with E-state index in [2.05, 4.69) is 39.4 Å². The SMILES string of the molecule is Cc1ccc(-c2csc(NC(=O)c3ccc(Cn4cncn4)cc3)n2)s1. The van der Waals surface area contributed by atoms with Gasteiger partial charge in [-0.3, -0.25) is 10.1 Å². The van der Waals surface area contributed by atoms with Gasteiger partial charge in [-0.2, -0.15) is 5.10 Å². The van der Waals surface area contributed by atoms with Crippen molar-refractivity contribution in [3.63, 3.8) is 0 Å². The second-order valence-electron chi connectivity index (χ2n) is 5.69. The van der Waals surface area contributed by atoms with E-state index in [1.807, 2.05) is 17.5 Å². The maximum Gasteiger partial charge on any atom is 0.257 e. The number of rotatable bonds is 5. The summed E-state index contributed by atoms with van der Waals surface area (Å²) in [4.78, 5) is 23.2. The van der Waals surface area contributed by atoms with E-state index in [4.69, 9.17) is 0 Å². The van der Waals surface area contributed by atoms with Crippen molar-refractivity contribution in [2.45, 2.75) is 13.5 Å². The maximum atomic E-state index is 12.4. The van der Waals surface area contributed by atoms with Crippen molar-refractivity contribution in [2.75, 3.05) is 5.32 Å². The molecule has 0 aliphatic rings. The van der Waals surface area contributed by atoms with Gasteiger partial charge in [0.2, 0.25) is 0 Å². The van der Waals surface area contributed by atoms with Crippen LogP contribution in [0.1, 0.15) is 20.8 Å². The highest BCUT2D eigenvalue weighted by atomic mass is 32.1. The van der Waals surface area contributed by atoms with Crippen LogP contribution >= 0.6 is 22.7 Å². The Hall–Kier alpha value is -2.84. The third-order valence-electron chi connectivity index (χ3n) is 3.74. The number of aryl methyl sites for hydroxylation is 1. The molecule has 0 atom stereocenters. The van der Waals surface area contributed by atoms with Crippen molar-refractivity contribution >= 4 is 33.7 Å². The second kappa shape index (κ2) is 7.19. The van der Waals surface area contributed by atoms with Crippen LogP contribution in [0.2, 0.25) is 0 Å². The minimum Gasteiger partial charge on any atom is -0.298 e. The smallest absolute Gasteiger partial charge is 0.257 e. The van der Waals surface area contributed by atoms with Crippen molar-refractivity contribution in [2.24, 2.45) is 0 Å². The number of carbonyl (C=O) groups is 1. The summed E-state index contributed by atoms with van der Waals surface area (Å²) in [6, 6.07) is 11.6. The van der Waals surface area contributed by atoms with Crippen LogP contribution in [0.25, 0.3) is 10.6 Å². The zero-order chi connectivity index (χ0) is 17.9. The molecule has 1 amide bonds. The number of nitrogens with one attached hydrogen (secondary N) is 1. The number of anilines is 1. The summed E-state index contributed by atoms with van der Waals surface area (Å²) in [5.41, 5.74) is 2.54. The number of thiophene rings is 1.